The van der Waals surface area contributed by atoms with E-state index >= 15 is 0 Å². The Morgan fingerprint density at radius 1 is 0.917 bits per heavy atom. The van der Waals surface area contributed by atoms with Crippen LogP contribution in [0.5, 0.6) is 0 Å². The Morgan fingerprint density at radius 2 is 1.67 bits per heavy atom. The van der Waals surface area contributed by atoms with Gasteiger partial charge >= 0.3 is 0 Å². The van der Waals surface area contributed by atoms with Crippen molar-refractivity contribution >= 4 is 28.4 Å². The molecule has 8 nitrogen and oxygen atoms in total. The molecule has 0 fully saturated rings. The number of hydrogen-bond donors (Lipinski definition) is 2. The van der Waals surface area contributed by atoms with Crippen LogP contribution in [0.25, 0.3) is 10.8 Å². The highest BCUT2D eigenvalue weighted by atomic mass is 16.2. The highest BCUT2D eigenvalue weighted by Gasteiger charge is 2.18. The number of benzene rings is 2. The average molecular weight is 489 g/mol. The third-order valence-electron chi connectivity index (χ3n) is 6.62. The number of hydrogen-bond acceptors (Lipinski definition) is 5. The molecule has 2 amide bonds. The first-order chi connectivity index (χ1) is 17.5. The van der Waals surface area contributed by atoms with Gasteiger partial charge in [0.05, 0.1) is 5.39 Å². The maximum atomic E-state index is 12.9. The van der Waals surface area contributed by atoms with Crippen LogP contribution in [0.1, 0.15) is 83.8 Å². The maximum Gasteiger partial charge on any atom is 0.290 e. The number of hydrazine groups is 1. The van der Waals surface area contributed by atoms with E-state index in [0.717, 1.165) is 38.5 Å². The molecule has 36 heavy (non-hydrogen) atoms. The lowest BCUT2D eigenvalue weighted by Gasteiger charge is -2.16. The number of carbonyl (C=O) groups is 3. The van der Waals surface area contributed by atoms with Crippen LogP contribution >= 0.6 is 0 Å². The fourth-order valence-corrected chi connectivity index (χ4v) is 4.59. The van der Waals surface area contributed by atoms with Gasteiger partial charge < -0.3 is 0 Å². The zero-order chi connectivity index (χ0) is 25.5. The number of aryl methyl sites for hydroxylation is 3. The standard InChI is InChI=1S/C28H32N4O4/c1-2-3-8-17-32-28(36)23-12-7-6-11-22(23)26(31-32)27(35)30-29-25(34)16-15-24(33)21-14-13-19-9-4-5-10-20(19)18-21/h6-7,11-14,18H,2-5,8-10,15-17H2,1H3,(H,29,34)(H,30,35). The summed E-state index contributed by atoms with van der Waals surface area (Å²) in [4.78, 5) is 50.6. The van der Waals surface area contributed by atoms with Gasteiger partial charge in [0, 0.05) is 30.3 Å². The van der Waals surface area contributed by atoms with Crippen molar-refractivity contribution < 1.29 is 14.4 Å². The monoisotopic (exact) mass is 488 g/mol. The number of unbranched alkanes of at least 4 members (excludes halogenated alkanes) is 2. The first-order valence-electron chi connectivity index (χ1n) is 12.7. The second kappa shape index (κ2) is 11.7. The van der Waals surface area contributed by atoms with Crippen LogP contribution in [0.4, 0.5) is 0 Å². The van der Waals surface area contributed by atoms with Gasteiger partial charge in [0.1, 0.15) is 0 Å². The molecule has 8 heteroatoms. The molecule has 0 unspecified atom stereocenters. The van der Waals surface area contributed by atoms with Gasteiger partial charge in [-0.05, 0) is 55.4 Å². The highest BCUT2D eigenvalue weighted by Crippen LogP contribution is 2.23. The maximum absolute atomic E-state index is 12.9. The predicted octanol–water partition coefficient (Wildman–Crippen LogP) is 3.89. The van der Waals surface area contributed by atoms with Crippen LogP contribution in [0.3, 0.4) is 0 Å². The fraction of sp³-hybridized carbons (Fsp3) is 0.393. The van der Waals surface area contributed by atoms with Crippen molar-refractivity contribution in [3.05, 3.63) is 75.2 Å². The summed E-state index contributed by atoms with van der Waals surface area (Å²) in [6, 6.07) is 12.6. The minimum Gasteiger partial charge on any atom is -0.294 e. The minimum absolute atomic E-state index is 0.0456. The summed E-state index contributed by atoms with van der Waals surface area (Å²) in [6.45, 7) is 2.48. The van der Waals surface area contributed by atoms with Gasteiger partial charge in [-0.15, -0.1) is 0 Å². The lowest BCUT2D eigenvalue weighted by atomic mass is 9.89. The van der Waals surface area contributed by atoms with E-state index in [0.29, 0.717) is 22.9 Å². The molecule has 1 aromatic heterocycles. The largest absolute Gasteiger partial charge is 0.294 e. The third-order valence-corrected chi connectivity index (χ3v) is 6.62. The quantitative estimate of drug-likeness (QED) is 0.270. The number of nitrogens with zero attached hydrogens (tertiary/aromatic N) is 2. The Morgan fingerprint density at radius 3 is 2.44 bits per heavy atom. The van der Waals surface area contributed by atoms with Crippen LogP contribution < -0.4 is 16.4 Å². The van der Waals surface area contributed by atoms with Crippen molar-refractivity contribution in [3.63, 3.8) is 0 Å². The summed E-state index contributed by atoms with van der Waals surface area (Å²) in [5.41, 5.74) is 7.71. The molecule has 0 saturated heterocycles. The Bertz CT molecular complexity index is 1350. The summed E-state index contributed by atoms with van der Waals surface area (Å²) < 4.78 is 1.31. The van der Waals surface area contributed by atoms with E-state index in [1.54, 1.807) is 24.3 Å². The van der Waals surface area contributed by atoms with E-state index in [2.05, 4.69) is 22.9 Å². The van der Waals surface area contributed by atoms with Crippen LogP contribution in [-0.4, -0.2) is 27.4 Å². The molecule has 1 aliphatic rings. The number of aromatic nitrogens is 2. The van der Waals surface area contributed by atoms with E-state index in [9.17, 15) is 19.2 Å². The molecule has 0 saturated carbocycles. The molecule has 0 bridgehead atoms. The zero-order valence-corrected chi connectivity index (χ0v) is 20.6. The van der Waals surface area contributed by atoms with Crippen molar-refractivity contribution in [1.29, 1.82) is 0 Å². The van der Waals surface area contributed by atoms with E-state index in [-0.39, 0.29) is 29.9 Å². The molecule has 0 radical (unpaired) electrons. The molecule has 1 heterocycles. The molecule has 2 N–H and O–H groups in total. The number of Topliss-reactive ketones (excluding diaryl/α,β-unsaturated/α-hetero) is 1. The Balaban J connectivity index is 1.37. The molecule has 0 atom stereocenters. The van der Waals surface area contributed by atoms with Crippen molar-refractivity contribution in [2.75, 3.05) is 0 Å². The van der Waals surface area contributed by atoms with Crippen LogP contribution in [-0.2, 0) is 24.2 Å². The first kappa shape index (κ1) is 25.3. The number of rotatable bonds is 9. The van der Waals surface area contributed by atoms with Crippen LogP contribution in [0, 0.1) is 0 Å². The normalized spacial score (nSPS) is 12.7. The van der Waals surface area contributed by atoms with Gasteiger partial charge in [-0.1, -0.05) is 50.1 Å². The highest BCUT2D eigenvalue weighted by molar-refractivity contribution is 6.05. The summed E-state index contributed by atoms with van der Waals surface area (Å²) in [5, 5.41) is 5.11. The van der Waals surface area contributed by atoms with Crippen molar-refractivity contribution in [3.8, 4) is 0 Å². The Hall–Kier alpha value is -3.81. The SMILES string of the molecule is CCCCCn1nc(C(=O)NNC(=O)CCC(=O)c2ccc3c(c2)CCCC3)c2ccccc2c1=O. The lowest BCUT2D eigenvalue weighted by Crippen LogP contribution is -2.42. The number of fused-ring (bicyclic) bond motifs is 2. The predicted molar refractivity (Wildman–Crippen MR) is 138 cm³/mol. The van der Waals surface area contributed by atoms with Gasteiger partial charge in [-0.3, -0.25) is 30.0 Å². The van der Waals surface area contributed by atoms with Crippen LogP contribution in [0.15, 0.2) is 47.3 Å². The van der Waals surface area contributed by atoms with Crippen molar-refractivity contribution in [2.24, 2.45) is 0 Å². The summed E-state index contributed by atoms with van der Waals surface area (Å²) in [6.07, 6.45) is 7.05. The second-order valence-corrected chi connectivity index (χ2v) is 9.25. The third kappa shape index (κ3) is 5.87. The zero-order valence-electron chi connectivity index (χ0n) is 20.6. The molecule has 3 aromatic rings. The average Bonchev–Trinajstić information content (AvgIpc) is 2.91. The van der Waals surface area contributed by atoms with Crippen molar-refractivity contribution in [1.82, 2.24) is 20.6 Å². The Kier molecular flexibility index (Phi) is 8.25. The topological polar surface area (TPSA) is 110 Å². The number of nitrogens with one attached hydrogen (secondary N) is 2. The number of ketones is 1. The van der Waals surface area contributed by atoms with E-state index < -0.39 is 11.8 Å². The molecule has 4 rings (SSSR count). The summed E-state index contributed by atoms with van der Waals surface area (Å²) in [7, 11) is 0. The first-order valence-corrected chi connectivity index (χ1v) is 12.7. The van der Waals surface area contributed by atoms with Gasteiger partial charge in [0.25, 0.3) is 11.5 Å². The smallest absolute Gasteiger partial charge is 0.290 e. The molecule has 1 aliphatic carbocycles. The van der Waals surface area contributed by atoms with E-state index in [1.807, 2.05) is 18.2 Å². The van der Waals surface area contributed by atoms with E-state index in [4.69, 9.17) is 0 Å². The van der Waals surface area contributed by atoms with Crippen LogP contribution in [0.2, 0.25) is 0 Å². The Labute approximate surface area is 210 Å². The van der Waals surface area contributed by atoms with Gasteiger partial charge in [-0.25, -0.2) is 4.68 Å². The van der Waals surface area contributed by atoms with Gasteiger partial charge in [0.2, 0.25) is 5.91 Å². The minimum atomic E-state index is -0.621. The summed E-state index contributed by atoms with van der Waals surface area (Å²) >= 11 is 0. The van der Waals surface area contributed by atoms with Gasteiger partial charge in [0.15, 0.2) is 11.5 Å². The second-order valence-electron chi connectivity index (χ2n) is 9.25. The molecule has 2 aromatic carbocycles. The molecule has 0 spiro atoms. The molecular weight excluding hydrogens is 456 g/mol. The number of amides is 2. The lowest BCUT2D eigenvalue weighted by molar-refractivity contribution is -0.121. The molecule has 188 valence electrons. The van der Waals surface area contributed by atoms with E-state index in [1.165, 1.54) is 22.2 Å². The molecule has 0 aliphatic heterocycles. The number of carbonyl (C=O) groups excluding carboxylic acids is 3. The van der Waals surface area contributed by atoms with Crippen molar-refractivity contribution in [2.45, 2.75) is 71.3 Å². The molecular formula is C28H32N4O4. The van der Waals surface area contributed by atoms with Gasteiger partial charge in [-0.2, -0.15) is 5.10 Å². The fourth-order valence-electron chi connectivity index (χ4n) is 4.59. The summed E-state index contributed by atoms with van der Waals surface area (Å²) in [5.74, 6) is -1.20.